The van der Waals surface area contributed by atoms with Gasteiger partial charge >= 0.3 is 6.03 Å². The number of nitrogen functional groups attached to an aromatic ring is 1. The minimum Gasteiger partial charge on any atom is -0.457 e. The molecule has 0 bridgehead atoms. The first-order valence-corrected chi connectivity index (χ1v) is 29.7. The van der Waals surface area contributed by atoms with Gasteiger partial charge in [0.15, 0.2) is 5.65 Å². The molecular weight excluding hydrogens is 1110 g/mol. The fraction of sp³-hybridized carbons (Fsp3) is 0.429. The lowest BCUT2D eigenvalue weighted by atomic mass is 10.0. The summed E-state index contributed by atoms with van der Waals surface area (Å²) in [6, 6.07) is 27.1. The maximum Gasteiger partial charge on any atom is 0.319 e. The molecule has 450 valence electrons. The van der Waals surface area contributed by atoms with E-state index >= 15 is 0 Å². The molecule has 2 saturated heterocycles. The molecule has 22 heteroatoms. The summed E-state index contributed by atoms with van der Waals surface area (Å²) >= 11 is 6.43. The highest BCUT2D eigenvalue weighted by Gasteiger charge is 2.39. The van der Waals surface area contributed by atoms with Gasteiger partial charge in [-0.15, -0.1) is 0 Å². The summed E-state index contributed by atoms with van der Waals surface area (Å²) in [4.78, 5) is 75.3. The number of aromatic nitrogens is 4. The summed E-state index contributed by atoms with van der Waals surface area (Å²) < 4.78 is 36.2. The first-order valence-electron chi connectivity index (χ1n) is 29.3. The van der Waals surface area contributed by atoms with E-state index in [1.807, 2.05) is 82.4 Å². The first kappa shape index (κ1) is 61.8. The number of likely N-dealkylation sites (tertiary alicyclic amines) is 1. The van der Waals surface area contributed by atoms with Gasteiger partial charge in [-0.2, -0.15) is 5.10 Å². The van der Waals surface area contributed by atoms with Gasteiger partial charge in [0.25, 0.3) is 5.91 Å². The fourth-order valence-electron chi connectivity index (χ4n) is 10.6. The zero-order valence-corrected chi connectivity index (χ0v) is 48.6. The number of piperidine rings is 2. The number of rotatable bonds is 32. The summed E-state index contributed by atoms with van der Waals surface area (Å²) in [5.41, 5.74) is 12.3. The van der Waals surface area contributed by atoms with Crippen molar-refractivity contribution < 1.29 is 52.4 Å². The number of hydrogen-bond acceptors (Lipinski definition) is 15. The van der Waals surface area contributed by atoms with Gasteiger partial charge in [-0.1, -0.05) is 73.7 Å². The van der Waals surface area contributed by atoms with E-state index in [0.29, 0.717) is 124 Å². The number of urea groups is 1. The van der Waals surface area contributed by atoms with Crippen LogP contribution in [-0.2, 0) is 57.6 Å². The average molecular weight is 1180 g/mol. The Kier molecular flexibility index (Phi) is 23.2. The molecule has 0 spiro atoms. The zero-order chi connectivity index (χ0) is 59.2. The molecule has 2 atom stereocenters. The molecule has 6 amide bonds. The smallest absolute Gasteiger partial charge is 0.319 e. The summed E-state index contributed by atoms with van der Waals surface area (Å²) in [6.07, 6.45) is 14.2. The number of unbranched alkanes of at least 4 members (excludes halogenated alkanes) is 5. The Morgan fingerprint density at radius 1 is 0.753 bits per heavy atom. The number of fused-ring (bicyclic) bond motifs is 2. The van der Waals surface area contributed by atoms with E-state index in [-0.39, 0.29) is 55.9 Å². The molecule has 9 rings (SSSR count). The van der Waals surface area contributed by atoms with Crippen LogP contribution >= 0.6 is 11.6 Å². The summed E-state index contributed by atoms with van der Waals surface area (Å²) in [5, 5.41) is 14.3. The zero-order valence-electron chi connectivity index (χ0n) is 47.9. The summed E-state index contributed by atoms with van der Waals surface area (Å²) in [6.45, 7) is 6.30. The van der Waals surface area contributed by atoms with Gasteiger partial charge in [-0.3, -0.25) is 24.5 Å². The maximum atomic E-state index is 13.3. The molecule has 2 fully saturated rings. The van der Waals surface area contributed by atoms with Crippen molar-refractivity contribution in [2.75, 3.05) is 90.2 Å². The van der Waals surface area contributed by atoms with Crippen molar-refractivity contribution in [3.8, 4) is 22.8 Å². The number of amides is 6. The molecule has 0 aliphatic carbocycles. The number of anilines is 2. The highest BCUT2D eigenvalue weighted by atomic mass is 35.5. The number of hydrogen-bond donors (Lipinski definition) is 4. The first-order chi connectivity index (χ1) is 41.6. The number of para-hydroxylation sites is 1. The van der Waals surface area contributed by atoms with Crippen LogP contribution in [0, 0.1) is 0 Å². The Hall–Kier alpha value is -7.79. The molecule has 85 heavy (non-hydrogen) atoms. The Labute approximate surface area is 499 Å². The van der Waals surface area contributed by atoms with Gasteiger partial charge in [0.05, 0.1) is 70.9 Å². The largest absolute Gasteiger partial charge is 0.457 e. The molecule has 2 aromatic heterocycles. The highest BCUT2D eigenvalue weighted by molar-refractivity contribution is 6.31. The van der Waals surface area contributed by atoms with E-state index in [2.05, 4.69) is 25.9 Å². The van der Waals surface area contributed by atoms with Crippen LogP contribution in [0.4, 0.5) is 16.3 Å². The molecule has 6 aromatic rings. The third kappa shape index (κ3) is 18.1. The molecular formula is C63H75ClN10O11. The number of imide groups is 1. The van der Waals surface area contributed by atoms with Crippen LogP contribution in [0.2, 0.25) is 5.02 Å². The van der Waals surface area contributed by atoms with Crippen LogP contribution in [0.3, 0.4) is 0 Å². The standard InChI is InChI=1S/C63H75ClN10O11/c64-48-37-44(38-49(39-48)69-63(79)66-40-45-17-22-53-47(36-45)41-73(62(53)78)54-23-24-55(75)70-61(54)77)12-6-3-1-2-4-9-26-80-28-30-82-32-34-84-35-33-83-31-29-81-27-11-16-56(76)72-25-10-13-50(42-72)74-60-57(59(65)67-43-68-60)58(71-74)46-18-20-52(21-19-46)85-51-14-7-5-8-15-51/h5,7-8,11,14-22,36-39,43,50,54H,1-4,6,9-10,12-13,23-35,40-42H2,(H2,65,67,68)(H2,66,69,79)(H,70,75,77)/b16-11+/t50-,54?/m1/s1. The fourth-order valence-corrected chi connectivity index (χ4v) is 10.9. The normalized spacial score (nSPS) is 16.1. The van der Waals surface area contributed by atoms with Crippen molar-refractivity contribution in [2.24, 2.45) is 0 Å². The van der Waals surface area contributed by atoms with Crippen molar-refractivity contribution in [3.05, 3.63) is 137 Å². The third-order valence-electron chi connectivity index (χ3n) is 14.9. The second-order valence-corrected chi connectivity index (χ2v) is 21.6. The van der Waals surface area contributed by atoms with Crippen LogP contribution in [0.1, 0.15) is 97.3 Å². The molecule has 5 N–H and O–H groups in total. The SMILES string of the molecule is Nc1ncnc2c1c(-c1ccc(Oc3ccccc3)cc1)nn2[C@@H]1CCCN(C(=O)/C=C/COCCOCCOCCOCCOCCCCCCCCc2cc(Cl)cc(NC(=O)NCc3ccc4c(c3)CN(C3CCC(=O)NC3=O)C4=O)c2)C1. The molecule has 0 radical (unpaired) electrons. The molecule has 21 nitrogen and oxygen atoms in total. The van der Waals surface area contributed by atoms with Gasteiger partial charge in [-0.25, -0.2) is 19.4 Å². The average Bonchev–Trinajstić information content (AvgIpc) is 2.01. The molecule has 3 aliphatic heterocycles. The Bertz CT molecular complexity index is 3240. The molecule has 0 saturated carbocycles. The summed E-state index contributed by atoms with van der Waals surface area (Å²) in [7, 11) is 0. The lowest BCUT2D eigenvalue weighted by molar-refractivity contribution is -0.137. The van der Waals surface area contributed by atoms with Gasteiger partial charge in [-0.05, 0) is 116 Å². The van der Waals surface area contributed by atoms with E-state index in [1.54, 1.807) is 30.4 Å². The number of nitrogens with two attached hydrogens (primary N) is 1. The van der Waals surface area contributed by atoms with Crippen molar-refractivity contribution in [1.29, 1.82) is 0 Å². The van der Waals surface area contributed by atoms with Crippen molar-refractivity contribution in [3.63, 3.8) is 0 Å². The Morgan fingerprint density at radius 3 is 2.21 bits per heavy atom. The Morgan fingerprint density at radius 2 is 1.46 bits per heavy atom. The monoisotopic (exact) mass is 1180 g/mol. The minimum absolute atomic E-state index is 0.0855. The van der Waals surface area contributed by atoms with Crippen molar-refractivity contribution in [2.45, 2.75) is 95.8 Å². The van der Waals surface area contributed by atoms with E-state index in [0.717, 1.165) is 85.8 Å². The van der Waals surface area contributed by atoms with E-state index in [9.17, 15) is 24.0 Å². The van der Waals surface area contributed by atoms with Crippen LogP contribution in [0.25, 0.3) is 22.3 Å². The molecule has 4 aromatic carbocycles. The predicted octanol–water partition coefficient (Wildman–Crippen LogP) is 8.99. The third-order valence-corrected chi connectivity index (χ3v) is 15.1. The predicted molar refractivity (Wildman–Crippen MR) is 321 cm³/mol. The van der Waals surface area contributed by atoms with Gasteiger partial charge in [0.1, 0.15) is 35.4 Å². The number of nitrogens with zero attached hydrogens (tertiary/aromatic N) is 6. The van der Waals surface area contributed by atoms with Gasteiger partial charge < -0.3 is 54.6 Å². The van der Waals surface area contributed by atoms with E-state index in [1.165, 1.54) is 11.2 Å². The number of halogens is 1. The van der Waals surface area contributed by atoms with Crippen LogP contribution < -0.4 is 26.4 Å². The van der Waals surface area contributed by atoms with Crippen LogP contribution in [-0.4, -0.2) is 144 Å². The number of benzene rings is 4. The van der Waals surface area contributed by atoms with E-state index < -0.39 is 11.9 Å². The maximum absolute atomic E-state index is 13.3. The topological polar surface area (TPSA) is 253 Å². The number of nitrogens with one attached hydrogen (secondary N) is 3. The number of ether oxygens (including phenoxy) is 6. The number of aryl methyl sites for hydroxylation is 1. The Balaban J connectivity index is 0.540. The van der Waals surface area contributed by atoms with Gasteiger partial charge in [0, 0.05) is 67.1 Å². The quantitative estimate of drug-likeness (QED) is 0.0175. The number of carbonyl (C=O) groups is 5. The molecule has 3 aliphatic rings. The molecule has 5 heterocycles. The molecule has 1 unspecified atom stereocenters. The number of carbonyl (C=O) groups excluding carboxylic acids is 5. The van der Waals surface area contributed by atoms with Crippen LogP contribution in [0.15, 0.2) is 109 Å². The lowest BCUT2D eigenvalue weighted by Crippen LogP contribution is -2.52. The highest BCUT2D eigenvalue weighted by Crippen LogP contribution is 2.35. The second-order valence-electron chi connectivity index (χ2n) is 21.1. The summed E-state index contributed by atoms with van der Waals surface area (Å²) in [5.74, 6) is 0.692. The minimum atomic E-state index is -0.680. The van der Waals surface area contributed by atoms with Crippen molar-refractivity contribution in [1.82, 2.24) is 40.2 Å². The lowest BCUT2D eigenvalue weighted by Gasteiger charge is -2.32. The van der Waals surface area contributed by atoms with Gasteiger partial charge in [0.2, 0.25) is 17.7 Å². The van der Waals surface area contributed by atoms with Crippen molar-refractivity contribution >= 4 is 63.8 Å². The van der Waals surface area contributed by atoms with E-state index in [4.69, 9.17) is 50.9 Å². The second kappa shape index (κ2) is 31.9. The van der Waals surface area contributed by atoms with Crippen LogP contribution in [0.5, 0.6) is 11.5 Å².